The first-order valence-electron chi connectivity index (χ1n) is 7.17. The molecule has 1 unspecified atom stereocenters. The van der Waals surface area contributed by atoms with Gasteiger partial charge in [0, 0.05) is 25.6 Å². The molecule has 0 spiro atoms. The molecule has 106 valence electrons. The summed E-state index contributed by atoms with van der Waals surface area (Å²) in [6.45, 7) is 1.43. The van der Waals surface area contributed by atoms with Crippen LogP contribution in [0.25, 0.3) is 0 Å². The third-order valence-electron chi connectivity index (χ3n) is 3.92. The number of carbonyl (C=O) groups excluding carboxylic acids is 2. The van der Waals surface area contributed by atoms with Gasteiger partial charge >= 0.3 is 0 Å². The van der Waals surface area contributed by atoms with E-state index in [2.05, 4.69) is 22.0 Å². The summed E-state index contributed by atoms with van der Waals surface area (Å²) in [6.07, 6.45) is 3.31. The van der Waals surface area contributed by atoms with Crippen LogP contribution in [0.4, 0.5) is 5.69 Å². The summed E-state index contributed by atoms with van der Waals surface area (Å²) >= 11 is 0. The van der Waals surface area contributed by atoms with Crippen LogP contribution < -0.4 is 16.0 Å². The van der Waals surface area contributed by atoms with Crippen molar-refractivity contribution in [3.63, 3.8) is 0 Å². The Morgan fingerprint density at radius 3 is 2.95 bits per heavy atom. The molecule has 0 aromatic heterocycles. The van der Waals surface area contributed by atoms with Gasteiger partial charge in [0.2, 0.25) is 5.91 Å². The van der Waals surface area contributed by atoms with Crippen LogP contribution in [0.5, 0.6) is 0 Å². The Kier molecular flexibility index (Phi) is 3.58. The zero-order valence-electron chi connectivity index (χ0n) is 11.4. The van der Waals surface area contributed by atoms with Crippen LogP contribution in [-0.2, 0) is 11.2 Å². The molecule has 0 bridgehead atoms. The van der Waals surface area contributed by atoms with E-state index in [1.54, 1.807) is 0 Å². The minimum absolute atomic E-state index is 0.0275. The molecule has 20 heavy (non-hydrogen) atoms. The number of piperidine rings is 1. The summed E-state index contributed by atoms with van der Waals surface area (Å²) < 4.78 is 0. The quantitative estimate of drug-likeness (QED) is 0.754. The molecule has 2 aliphatic heterocycles. The number of aryl methyl sites for hydroxylation is 1. The number of carbonyl (C=O) groups is 2. The molecule has 2 heterocycles. The summed E-state index contributed by atoms with van der Waals surface area (Å²) in [5, 5.41) is 9.12. The van der Waals surface area contributed by atoms with Crippen LogP contribution >= 0.6 is 0 Å². The molecule has 5 nitrogen and oxygen atoms in total. The van der Waals surface area contributed by atoms with Crippen molar-refractivity contribution in [2.45, 2.75) is 31.7 Å². The summed E-state index contributed by atoms with van der Waals surface area (Å²) in [5.74, 6) is 0.00616. The molecule has 2 aliphatic rings. The van der Waals surface area contributed by atoms with Crippen molar-refractivity contribution in [2.24, 2.45) is 0 Å². The number of fused-ring (bicyclic) bond motifs is 1. The maximum absolute atomic E-state index is 12.4. The number of hydrogen-bond acceptors (Lipinski definition) is 3. The van der Waals surface area contributed by atoms with Crippen LogP contribution in [0, 0.1) is 0 Å². The zero-order valence-corrected chi connectivity index (χ0v) is 11.4. The number of anilines is 1. The molecule has 1 atom stereocenters. The first kappa shape index (κ1) is 13.0. The Bertz CT molecular complexity index is 532. The second kappa shape index (κ2) is 5.53. The predicted octanol–water partition coefficient (Wildman–Crippen LogP) is 1.05. The van der Waals surface area contributed by atoms with Crippen LogP contribution in [0.2, 0.25) is 0 Å². The number of rotatable bonds is 2. The standard InChI is InChI=1S/C15H19N3O2/c19-13-7-6-11(9-17-13)18-15(20)12-5-1-3-10-4-2-8-16-14(10)12/h1,3,5,11,16H,2,4,6-9H2,(H,17,19)(H,18,20). The second-order valence-electron chi connectivity index (χ2n) is 5.38. The summed E-state index contributed by atoms with van der Waals surface area (Å²) in [4.78, 5) is 23.5. The van der Waals surface area contributed by atoms with Crippen molar-refractivity contribution >= 4 is 17.5 Å². The fourth-order valence-electron chi connectivity index (χ4n) is 2.82. The Morgan fingerprint density at radius 1 is 1.25 bits per heavy atom. The average molecular weight is 273 g/mol. The molecular formula is C15H19N3O2. The van der Waals surface area contributed by atoms with E-state index in [1.807, 2.05) is 12.1 Å². The van der Waals surface area contributed by atoms with Gasteiger partial charge in [-0.2, -0.15) is 0 Å². The third kappa shape index (κ3) is 2.61. The fraction of sp³-hybridized carbons (Fsp3) is 0.467. The Balaban J connectivity index is 1.72. The van der Waals surface area contributed by atoms with Crippen molar-refractivity contribution in [3.05, 3.63) is 29.3 Å². The molecule has 1 saturated heterocycles. The molecule has 1 aromatic carbocycles. The van der Waals surface area contributed by atoms with E-state index in [0.29, 0.717) is 24.9 Å². The topological polar surface area (TPSA) is 70.2 Å². The smallest absolute Gasteiger partial charge is 0.253 e. The summed E-state index contributed by atoms with van der Waals surface area (Å²) in [7, 11) is 0. The molecule has 3 N–H and O–H groups in total. The maximum atomic E-state index is 12.4. The Hall–Kier alpha value is -2.04. The van der Waals surface area contributed by atoms with Gasteiger partial charge in [-0.05, 0) is 30.9 Å². The lowest BCUT2D eigenvalue weighted by atomic mass is 9.98. The molecule has 0 aliphatic carbocycles. The predicted molar refractivity (Wildman–Crippen MR) is 76.8 cm³/mol. The maximum Gasteiger partial charge on any atom is 0.253 e. The van der Waals surface area contributed by atoms with Gasteiger partial charge < -0.3 is 16.0 Å². The van der Waals surface area contributed by atoms with Gasteiger partial charge in [-0.3, -0.25) is 9.59 Å². The monoisotopic (exact) mass is 273 g/mol. The number of benzene rings is 1. The minimum atomic E-state index is -0.0580. The van der Waals surface area contributed by atoms with E-state index in [4.69, 9.17) is 0 Å². The highest BCUT2D eigenvalue weighted by Crippen LogP contribution is 2.26. The molecule has 5 heteroatoms. The minimum Gasteiger partial charge on any atom is -0.384 e. The lowest BCUT2D eigenvalue weighted by Crippen LogP contribution is -2.47. The second-order valence-corrected chi connectivity index (χ2v) is 5.38. The van der Waals surface area contributed by atoms with Crippen LogP contribution in [-0.4, -0.2) is 30.9 Å². The van der Waals surface area contributed by atoms with E-state index < -0.39 is 0 Å². The van der Waals surface area contributed by atoms with Gasteiger partial charge in [0.15, 0.2) is 0 Å². The van der Waals surface area contributed by atoms with E-state index in [1.165, 1.54) is 5.56 Å². The molecule has 1 aromatic rings. The van der Waals surface area contributed by atoms with Gasteiger partial charge in [0.05, 0.1) is 11.3 Å². The molecule has 2 amide bonds. The summed E-state index contributed by atoms with van der Waals surface area (Å²) in [6, 6.07) is 5.88. The van der Waals surface area contributed by atoms with E-state index in [0.717, 1.165) is 25.1 Å². The number of nitrogens with one attached hydrogen (secondary N) is 3. The normalized spacial score (nSPS) is 21.4. The first-order chi connectivity index (χ1) is 9.74. The molecule has 0 radical (unpaired) electrons. The highest BCUT2D eigenvalue weighted by molar-refractivity contribution is 6.00. The van der Waals surface area contributed by atoms with E-state index >= 15 is 0 Å². The number of hydrogen-bond donors (Lipinski definition) is 3. The van der Waals surface area contributed by atoms with Gasteiger partial charge in [0.1, 0.15) is 0 Å². The van der Waals surface area contributed by atoms with Crippen molar-refractivity contribution in [1.29, 1.82) is 0 Å². The number of amides is 2. The Labute approximate surface area is 118 Å². The zero-order chi connectivity index (χ0) is 13.9. The molecule has 3 rings (SSSR count). The van der Waals surface area contributed by atoms with E-state index in [9.17, 15) is 9.59 Å². The van der Waals surface area contributed by atoms with E-state index in [-0.39, 0.29) is 17.9 Å². The largest absolute Gasteiger partial charge is 0.384 e. The fourth-order valence-corrected chi connectivity index (χ4v) is 2.82. The molecule has 0 saturated carbocycles. The summed E-state index contributed by atoms with van der Waals surface area (Å²) in [5.41, 5.74) is 2.89. The van der Waals surface area contributed by atoms with Crippen molar-refractivity contribution in [1.82, 2.24) is 10.6 Å². The van der Waals surface area contributed by atoms with Crippen LogP contribution in [0.3, 0.4) is 0 Å². The van der Waals surface area contributed by atoms with Crippen molar-refractivity contribution in [3.8, 4) is 0 Å². The van der Waals surface area contributed by atoms with Crippen molar-refractivity contribution in [2.75, 3.05) is 18.4 Å². The lowest BCUT2D eigenvalue weighted by Gasteiger charge is -2.25. The average Bonchev–Trinajstić information content (AvgIpc) is 2.49. The van der Waals surface area contributed by atoms with Gasteiger partial charge in [-0.15, -0.1) is 0 Å². The first-order valence-corrected chi connectivity index (χ1v) is 7.17. The molecular weight excluding hydrogens is 254 g/mol. The van der Waals surface area contributed by atoms with Gasteiger partial charge in [-0.25, -0.2) is 0 Å². The highest BCUT2D eigenvalue weighted by Gasteiger charge is 2.22. The Morgan fingerprint density at radius 2 is 2.15 bits per heavy atom. The van der Waals surface area contributed by atoms with Crippen LogP contribution in [0.15, 0.2) is 18.2 Å². The van der Waals surface area contributed by atoms with Gasteiger partial charge in [0.25, 0.3) is 5.91 Å². The number of para-hydroxylation sites is 1. The van der Waals surface area contributed by atoms with Crippen LogP contribution in [0.1, 0.15) is 35.2 Å². The third-order valence-corrected chi connectivity index (χ3v) is 3.92. The van der Waals surface area contributed by atoms with Crippen molar-refractivity contribution < 1.29 is 9.59 Å². The lowest BCUT2D eigenvalue weighted by molar-refractivity contribution is -0.122. The highest BCUT2D eigenvalue weighted by atomic mass is 16.2. The molecule has 1 fully saturated rings. The SMILES string of the molecule is O=C1CCC(NC(=O)c2cccc3c2NCCC3)CN1. The van der Waals surface area contributed by atoms with Gasteiger partial charge in [-0.1, -0.05) is 12.1 Å².